The van der Waals surface area contributed by atoms with Crippen molar-refractivity contribution >= 4 is 51.8 Å². The zero-order chi connectivity index (χ0) is 22.7. The van der Waals surface area contributed by atoms with E-state index in [1.54, 1.807) is 0 Å². The van der Waals surface area contributed by atoms with Gasteiger partial charge in [0.15, 0.2) is 15.2 Å². The summed E-state index contributed by atoms with van der Waals surface area (Å²) in [5.41, 5.74) is -2.44. The van der Waals surface area contributed by atoms with E-state index in [9.17, 15) is 14.4 Å². The maximum Gasteiger partial charge on any atom is 0.336 e. The lowest BCUT2D eigenvalue weighted by atomic mass is 10.5. The molecule has 1 heterocycles. The fraction of sp³-hybridized carbons (Fsp3) is 0.333. The van der Waals surface area contributed by atoms with Gasteiger partial charge >= 0.3 is 17.1 Å². The molecule has 9 nitrogen and oxygen atoms in total. The van der Waals surface area contributed by atoms with Crippen LogP contribution in [-0.4, -0.2) is 48.7 Å². The van der Waals surface area contributed by atoms with Crippen LogP contribution in [0.5, 0.6) is 0 Å². The van der Waals surface area contributed by atoms with Crippen LogP contribution in [0.4, 0.5) is 0 Å². The average molecular weight is 472 g/mol. The molecule has 0 bridgehead atoms. The van der Waals surface area contributed by atoms with Crippen LogP contribution in [-0.2, 0) is 33.8 Å². The molecule has 1 aromatic heterocycles. The Kier molecular flexibility index (Phi) is 10.8. The highest BCUT2D eigenvalue weighted by atomic mass is 32.1. The fourth-order valence-corrected chi connectivity index (χ4v) is 2.40. The molecular weight excluding hydrogens is 450 g/mol. The molecule has 0 radical (unpaired) electrons. The summed E-state index contributed by atoms with van der Waals surface area (Å²) in [7, 11) is 0. The Morgan fingerprint density at radius 2 is 0.867 bits per heavy atom. The lowest BCUT2D eigenvalue weighted by molar-refractivity contribution is 0.255. The van der Waals surface area contributed by atoms with Gasteiger partial charge in [0, 0.05) is 0 Å². The van der Waals surface area contributed by atoms with Crippen LogP contribution in [0.3, 0.4) is 0 Å². The van der Waals surface area contributed by atoms with Gasteiger partial charge in [-0.15, -0.1) is 0 Å². The van der Waals surface area contributed by atoms with Crippen LogP contribution < -0.4 is 17.1 Å². The SMILES string of the molecule is C=CC(=S)OCCn1c(=O)n(CCOC(=S)C=C)c(=O)n(CCOC(=S)C=C)c1=O. The molecule has 0 amide bonds. The van der Waals surface area contributed by atoms with E-state index in [4.69, 9.17) is 50.9 Å². The second-order valence-electron chi connectivity index (χ2n) is 5.42. The normalized spacial score (nSPS) is 10.0. The van der Waals surface area contributed by atoms with Crippen molar-refractivity contribution in [3.63, 3.8) is 0 Å². The van der Waals surface area contributed by atoms with Gasteiger partial charge < -0.3 is 14.2 Å². The first kappa shape index (κ1) is 25.3. The maximum atomic E-state index is 12.7. The van der Waals surface area contributed by atoms with Gasteiger partial charge in [-0.05, 0) is 54.9 Å². The number of ether oxygens (including phenoxy) is 3. The largest absolute Gasteiger partial charge is 0.481 e. The maximum absolute atomic E-state index is 12.7. The van der Waals surface area contributed by atoms with E-state index in [1.807, 2.05) is 0 Å². The second kappa shape index (κ2) is 12.8. The Morgan fingerprint density at radius 3 is 1.07 bits per heavy atom. The Hall–Kier alpha value is -2.70. The van der Waals surface area contributed by atoms with Crippen LogP contribution in [0.15, 0.2) is 52.3 Å². The van der Waals surface area contributed by atoms with Gasteiger partial charge in [-0.1, -0.05) is 19.7 Å². The van der Waals surface area contributed by atoms with Crippen molar-refractivity contribution in [2.45, 2.75) is 19.6 Å². The molecule has 0 saturated heterocycles. The molecule has 1 aromatic rings. The molecule has 1 rings (SSSR count). The molecule has 162 valence electrons. The van der Waals surface area contributed by atoms with Crippen LogP contribution in [0.2, 0.25) is 0 Å². The number of thiocarbonyl (C=S) groups is 3. The summed E-state index contributed by atoms with van der Waals surface area (Å²) in [4.78, 5) is 38.1. The molecule has 0 aliphatic rings. The third kappa shape index (κ3) is 7.28. The number of rotatable bonds is 12. The topological polar surface area (TPSA) is 93.7 Å². The van der Waals surface area contributed by atoms with Crippen molar-refractivity contribution in [1.29, 1.82) is 0 Å². The highest BCUT2D eigenvalue weighted by Crippen LogP contribution is 1.89. The molecule has 0 aromatic carbocycles. The second-order valence-corrected chi connectivity index (χ2v) is 6.62. The van der Waals surface area contributed by atoms with Gasteiger partial charge in [-0.3, -0.25) is 0 Å². The fourth-order valence-electron chi connectivity index (χ4n) is 2.15. The lowest BCUT2D eigenvalue weighted by Gasteiger charge is -2.14. The van der Waals surface area contributed by atoms with Crippen LogP contribution >= 0.6 is 36.7 Å². The molecule has 0 atom stereocenters. The summed E-state index contributed by atoms with van der Waals surface area (Å²) >= 11 is 14.6. The zero-order valence-electron chi connectivity index (χ0n) is 16.1. The first-order valence-electron chi connectivity index (χ1n) is 8.58. The Balaban J connectivity index is 3.24. The standard InChI is InChI=1S/C18H21N3O6S3/c1-4-13(28)25-10-7-19-16(22)20(8-11-26-14(29)5-2)18(24)21(17(19)23)9-12-27-15(30)6-3/h4-6H,1-3,7-12H2. The number of hydrogen-bond acceptors (Lipinski definition) is 9. The minimum Gasteiger partial charge on any atom is -0.481 e. The van der Waals surface area contributed by atoms with Gasteiger partial charge in [0.2, 0.25) is 0 Å². The Morgan fingerprint density at radius 1 is 0.633 bits per heavy atom. The lowest BCUT2D eigenvalue weighted by Crippen LogP contribution is -2.55. The van der Waals surface area contributed by atoms with Crippen molar-refractivity contribution in [2.24, 2.45) is 0 Å². The zero-order valence-corrected chi connectivity index (χ0v) is 18.6. The molecule has 0 spiro atoms. The van der Waals surface area contributed by atoms with Gasteiger partial charge in [-0.25, -0.2) is 28.1 Å². The van der Waals surface area contributed by atoms with E-state index >= 15 is 0 Å². The first-order chi connectivity index (χ1) is 14.3. The average Bonchev–Trinajstić information content (AvgIpc) is 2.74. The smallest absolute Gasteiger partial charge is 0.336 e. The molecule has 0 fully saturated rings. The molecule has 0 aliphatic carbocycles. The molecule has 0 unspecified atom stereocenters. The van der Waals surface area contributed by atoms with E-state index in [0.29, 0.717) is 0 Å². The third-order valence-electron chi connectivity index (χ3n) is 3.56. The van der Waals surface area contributed by atoms with Crippen molar-refractivity contribution in [1.82, 2.24) is 13.7 Å². The van der Waals surface area contributed by atoms with Crippen LogP contribution in [0, 0.1) is 0 Å². The molecule has 0 N–H and O–H groups in total. The molecule has 30 heavy (non-hydrogen) atoms. The van der Waals surface area contributed by atoms with Gasteiger partial charge in [0.25, 0.3) is 0 Å². The molecular formula is C18H21N3O6S3. The Labute approximate surface area is 188 Å². The van der Waals surface area contributed by atoms with Gasteiger partial charge in [-0.2, -0.15) is 0 Å². The van der Waals surface area contributed by atoms with Crippen molar-refractivity contribution < 1.29 is 14.2 Å². The minimum atomic E-state index is -0.815. The third-order valence-corrected chi connectivity index (χ3v) is 4.42. The summed E-state index contributed by atoms with van der Waals surface area (Å²) in [6, 6.07) is 0. The summed E-state index contributed by atoms with van der Waals surface area (Å²) in [6.07, 6.45) is 3.95. The highest BCUT2D eigenvalue weighted by molar-refractivity contribution is 7.80. The van der Waals surface area contributed by atoms with E-state index in [0.717, 1.165) is 13.7 Å². The number of hydrogen-bond donors (Lipinski definition) is 0. The van der Waals surface area contributed by atoms with E-state index < -0.39 is 17.1 Å². The molecule has 12 heteroatoms. The molecule has 0 aliphatic heterocycles. The van der Waals surface area contributed by atoms with E-state index in [-0.39, 0.29) is 54.6 Å². The first-order valence-corrected chi connectivity index (χ1v) is 9.81. The summed E-state index contributed by atoms with van der Waals surface area (Å²) in [5.74, 6) is 0. The van der Waals surface area contributed by atoms with E-state index in [1.165, 1.54) is 18.2 Å². The van der Waals surface area contributed by atoms with Crippen LogP contribution in [0.25, 0.3) is 0 Å². The van der Waals surface area contributed by atoms with Gasteiger partial charge in [0.05, 0.1) is 19.6 Å². The number of nitrogens with zero attached hydrogens (tertiary/aromatic N) is 3. The predicted molar refractivity (Wildman–Crippen MR) is 125 cm³/mol. The molecule has 0 saturated carbocycles. The summed E-state index contributed by atoms with van der Waals surface area (Å²) in [5, 5.41) is 0.359. The summed E-state index contributed by atoms with van der Waals surface area (Å²) in [6.45, 7) is 9.79. The van der Waals surface area contributed by atoms with Crippen molar-refractivity contribution in [3.8, 4) is 0 Å². The van der Waals surface area contributed by atoms with Crippen molar-refractivity contribution in [3.05, 3.63) is 69.4 Å². The van der Waals surface area contributed by atoms with E-state index in [2.05, 4.69) is 19.7 Å². The number of aromatic nitrogens is 3. The predicted octanol–water partition coefficient (Wildman–Crippen LogP) is 0.762. The van der Waals surface area contributed by atoms with Crippen LogP contribution in [0.1, 0.15) is 0 Å². The Bertz CT molecular complexity index is 863. The monoisotopic (exact) mass is 471 g/mol. The van der Waals surface area contributed by atoms with Crippen molar-refractivity contribution in [2.75, 3.05) is 19.8 Å². The van der Waals surface area contributed by atoms with Gasteiger partial charge in [0.1, 0.15) is 19.8 Å². The minimum absolute atomic E-state index is 0.0632. The quantitative estimate of drug-likeness (QED) is 0.323. The summed E-state index contributed by atoms with van der Waals surface area (Å²) < 4.78 is 18.1. The highest BCUT2D eigenvalue weighted by Gasteiger charge is 2.16.